The number of halogens is 2. The Morgan fingerprint density at radius 2 is 1.97 bits per heavy atom. The van der Waals surface area contributed by atoms with E-state index in [-0.39, 0.29) is 24.5 Å². The summed E-state index contributed by atoms with van der Waals surface area (Å²) in [6.07, 6.45) is 1.81. The second-order valence-corrected chi connectivity index (χ2v) is 8.77. The molecule has 0 saturated heterocycles. The van der Waals surface area contributed by atoms with Crippen molar-refractivity contribution < 1.29 is 28.6 Å². The van der Waals surface area contributed by atoms with Crippen LogP contribution < -0.4 is 10.1 Å². The number of anilines is 1. The van der Waals surface area contributed by atoms with E-state index in [9.17, 15) is 14.4 Å². The molecular weight excluding hydrogens is 465 g/mol. The number of amides is 1. The predicted molar refractivity (Wildman–Crippen MR) is 119 cm³/mol. The van der Waals surface area contributed by atoms with E-state index in [0.717, 1.165) is 4.88 Å². The Labute approximate surface area is 193 Å². The highest BCUT2D eigenvalue weighted by atomic mass is 35.5. The predicted octanol–water partition coefficient (Wildman–Crippen LogP) is 4.84. The summed E-state index contributed by atoms with van der Waals surface area (Å²) in [5, 5.41) is 4.07. The van der Waals surface area contributed by atoms with Gasteiger partial charge in [0.2, 0.25) is 5.91 Å². The second-order valence-electron chi connectivity index (χ2n) is 6.82. The number of ether oxygens (including phenoxy) is 3. The highest BCUT2D eigenvalue weighted by Gasteiger charge is 2.38. The van der Waals surface area contributed by atoms with E-state index in [4.69, 9.17) is 37.4 Å². The number of thiophene rings is 1. The number of methoxy groups -OCH3 is 2. The summed E-state index contributed by atoms with van der Waals surface area (Å²) in [7, 11) is 2.58. The quantitative estimate of drug-likeness (QED) is 0.424. The third-order valence-electron chi connectivity index (χ3n) is 4.86. The molecule has 1 aromatic heterocycles. The van der Waals surface area contributed by atoms with Crippen molar-refractivity contribution in [3.63, 3.8) is 0 Å². The molecule has 7 nitrogen and oxygen atoms in total. The molecule has 0 fully saturated rings. The molecule has 2 aromatic rings. The lowest BCUT2D eigenvalue weighted by atomic mass is 9.99. The van der Waals surface area contributed by atoms with Gasteiger partial charge in [-0.1, -0.05) is 23.2 Å². The zero-order chi connectivity index (χ0) is 22.5. The van der Waals surface area contributed by atoms with Crippen LogP contribution in [-0.2, 0) is 25.5 Å². The summed E-state index contributed by atoms with van der Waals surface area (Å²) < 4.78 is 15.3. The van der Waals surface area contributed by atoms with Crippen LogP contribution in [0, 0.1) is 0 Å². The molecule has 0 radical (unpaired) electrons. The standard InChI is InChI=1S/C21H21Cl2NO6S/c1-28-20(26)12-6-8-15-17(12)18(21(27)29-2)19(31-15)24-16(25)4-3-9-30-14-7-5-11(22)10-13(14)23/h5,7,10,12H,3-4,6,8-9H2,1-2H3,(H,24,25). The second kappa shape index (κ2) is 10.3. The summed E-state index contributed by atoms with van der Waals surface area (Å²) in [4.78, 5) is 37.9. The maximum absolute atomic E-state index is 12.4. The molecule has 1 unspecified atom stereocenters. The lowest BCUT2D eigenvalue weighted by molar-refractivity contribution is -0.142. The molecule has 166 valence electrons. The first-order valence-corrected chi connectivity index (χ1v) is 11.1. The summed E-state index contributed by atoms with van der Waals surface area (Å²) in [6.45, 7) is 0.282. The fraction of sp³-hybridized carbons (Fsp3) is 0.381. The van der Waals surface area contributed by atoms with E-state index in [1.54, 1.807) is 18.2 Å². The Hall–Kier alpha value is -2.29. The number of hydrogen-bond donors (Lipinski definition) is 1. The average molecular weight is 486 g/mol. The van der Waals surface area contributed by atoms with Crippen LogP contribution in [0.1, 0.15) is 46.0 Å². The van der Waals surface area contributed by atoms with Gasteiger partial charge in [0.25, 0.3) is 0 Å². The maximum atomic E-state index is 12.4. The minimum Gasteiger partial charge on any atom is -0.492 e. The molecular formula is C21H21Cl2NO6S. The third-order valence-corrected chi connectivity index (χ3v) is 6.57. The van der Waals surface area contributed by atoms with Crippen molar-refractivity contribution in [2.75, 3.05) is 26.1 Å². The number of benzene rings is 1. The van der Waals surface area contributed by atoms with Crippen LogP contribution in [0.25, 0.3) is 0 Å². The Morgan fingerprint density at radius 3 is 2.65 bits per heavy atom. The molecule has 0 bridgehead atoms. The first kappa shape index (κ1) is 23.4. The Balaban J connectivity index is 1.63. The molecule has 31 heavy (non-hydrogen) atoms. The molecule has 0 spiro atoms. The van der Waals surface area contributed by atoms with Crippen molar-refractivity contribution in [1.29, 1.82) is 0 Å². The molecule has 1 amide bonds. The number of hydrogen-bond acceptors (Lipinski definition) is 7. The molecule has 1 aromatic carbocycles. The summed E-state index contributed by atoms with van der Waals surface area (Å²) in [5.41, 5.74) is 0.827. The summed E-state index contributed by atoms with van der Waals surface area (Å²) in [5.74, 6) is -1.32. The van der Waals surface area contributed by atoms with Gasteiger partial charge in [-0.05, 0) is 43.0 Å². The molecule has 1 aliphatic carbocycles. The first-order chi connectivity index (χ1) is 14.8. The smallest absolute Gasteiger partial charge is 0.341 e. The number of rotatable bonds is 8. The van der Waals surface area contributed by atoms with Crippen molar-refractivity contribution in [3.05, 3.63) is 44.2 Å². The molecule has 1 heterocycles. The topological polar surface area (TPSA) is 90.9 Å². The van der Waals surface area contributed by atoms with Crippen LogP contribution in [0.15, 0.2) is 18.2 Å². The zero-order valence-corrected chi connectivity index (χ0v) is 19.3. The van der Waals surface area contributed by atoms with E-state index >= 15 is 0 Å². The Morgan fingerprint density at radius 1 is 1.19 bits per heavy atom. The molecule has 1 aliphatic rings. The first-order valence-electron chi connectivity index (χ1n) is 9.55. The van der Waals surface area contributed by atoms with E-state index in [0.29, 0.717) is 45.6 Å². The number of aryl methyl sites for hydroxylation is 1. The third kappa shape index (κ3) is 5.31. The molecule has 0 aliphatic heterocycles. The Bertz CT molecular complexity index is 1010. The van der Waals surface area contributed by atoms with Gasteiger partial charge in [-0.3, -0.25) is 9.59 Å². The number of carbonyl (C=O) groups excluding carboxylic acids is 3. The fourth-order valence-electron chi connectivity index (χ4n) is 3.43. The lowest BCUT2D eigenvalue weighted by Crippen LogP contribution is -2.18. The van der Waals surface area contributed by atoms with Crippen LogP contribution in [0.3, 0.4) is 0 Å². The van der Waals surface area contributed by atoms with Gasteiger partial charge in [-0.15, -0.1) is 11.3 Å². The summed E-state index contributed by atoms with van der Waals surface area (Å²) in [6, 6.07) is 4.91. The highest BCUT2D eigenvalue weighted by Crippen LogP contribution is 2.46. The average Bonchev–Trinajstić information content (AvgIpc) is 3.30. The van der Waals surface area contributed by atoms with Crippen LogP contribution in [-0.4, -0.2) is 38.7 Å². The van der Waals surface area contributed by atoms with E-state index in [2.05, 4.69) is 5.32 Å². The largest absolute Gasteiger partial charge is 0.492 e. The van der Waals surface area contributed by atoms with Crippen LogP contribution in [0.5, 0.6) is 5.75 Å². The van der Waals surface area contributed by atoms with Gasteiger partial charge >= 0.3 is 11.9 Å². The minimum absolute atomic E-state index is 0.175. The molecule has 1 atom stereocenters. The van der Waals surface area contributed by atoms with Crippen LogP contribution >= 0.6 is 34.5 Å². The number of carbonyl (C=O) groups is 3. The number of esters is 2. The highest BCUT2D eigenvalue weighted by molar-refractivity contribution is 7.17. The normalized spacial score (nSPS) is 14.6. The summed E-state index contributed by atoms with van der Waals surface area (Å²) >= 11 is 13.2. The van der Waals surface area contributed by atoms with E-state index < -0.39 is 17.9 Å². The van der Waals surface area contributed by atoms with Crippen molar-refractivity contribution in [3.8, 4) is 5.75 Å². The SMILES string of the molecule is COC(=O)c1c(NC(=O)CCCOc2ccc(Cl)cc2Cl)sc2c1C(C(=O)OC)CC2. The number of fused-ring (bicyclic) bond motifs is 1. The van der Waals surface area contributed by atoms with Gasteiger partial charge in [-0.25, -0.2) is 4.79 Å². The van der Waals surface area contributed by atoms with Gasteiger partial charge in [0, 0.05) is 16.3 Å². The van der Waals surface area contributed by atoms with Crippen LogP contribution in [0.4, 0.5) is 5.00 Å². The van der Waals surface area contributed by atoms with Crippen LogP contribution in [0.2, 0.25) is 10.0 Å². The van der Waals surface area contributed by atoms with Gasteiger partial charge in [0.1, 0.15) is 10.8 Å². The molecule has 0 saturated carbocycles. The van der Waals surface area contributed by atoms with E-state index in [1.807, 2.05) is 0 Å². The fourth-order valence-corrected chi connectivity index (χ4v) is 5.18. The number of nitrogens with one attached hydrogen (secondary N) is 1. The van der Waals surface area contributed by atoms with Crippen molar-refractivity contribution in [2.45, 2.75) is 31.6 Å². The van der Waals surface area contributed by atoms with Gasteiger partial charge in [-0.2, -0.15) is 0 Å². The van der Waals surface area contributed by atoms with Crippen molar-refractivity contribution >= 4 is 57.4 Å². The minimum atomic E-state index is -0.593. The van der Waals surface area contributed by atoms with Crippen molar-refractivity contribution in [1.82, 2.24) is 0 Å². The molecule has 3 rings (SSSR count). The monoisotopic (exact) mass is 485 g/mol. The van der Waals surface area contributed by atoms with E-state index in [1.165, 1.54) is 25.6 Å². The van der Waals surface area contributed by atoms with Gasteiger partial charge in [0.15, 0.2) is 0 Å². The maximum Gasteiger partial charge on any atom is 0.341 e. The molecule has 10 heteroatoms. The lowest BCUT2D eigenvalue weighted by Gasteiger charge is -2.12. The zero-order valence-electron chi connectivity index (χ0n) is 17.0. The van der Waals surface area contributed by atoms with Crippen molar-refractivity contribution in [2.24, 2.45) is 0 Å². The molecule has 1 N–H and O–H groups in total. The Kier molecular flexibility index (Phi) is 7.80. The van der Waals surface area contributed by atoms with Gasteiger partial charge in [0.05, 0.1) is 37.3 Å². The van der Waals surface area contributed by atoms with Gasteiger partial charge < -0.3 is 19.5 Å².